The Morgan fingerprint density at radius 3 is 2.92 bits per heavy atom. The Kier molecular flexibility index (Phi) is 6.01. The van der Waals surface area contributed by atoms with Gasteiger partial charge in [0.05, 0.1) is 18.3 Å². The molecular formula is C18H21N3O3. The lowest BCUT2D eigenvalue weighted by atomic mass is 9.99. The SMILES string of the molecule is C=C/C=C1/C=C(C(=O)NCC(=O)N2CCC[C@@H]2C=O)C=CC1=NC. The van der Waals surface area contributed by atoms with Gasteiger partial charge in [-0.1, -0.05) is 18.7 Å². The summed E-state index contributed by atoms with van der Waals surface area (Å²) in [4.78, 5) is 41.0. The van der Waals surface area contributed by atoms with E-state index in [4.69, 9.17) is 0 Å². The number of allylic oxidation sites excluding steroid dienone is 5. The van der Waals surface area contributed by atoms with E-state index in [1.807, 2.05) is 0 Å². The molecule has 1 aliphatic carbocycles. The van der Waals surface area contributed by atoms with Crippen molar-refractivity contribution in [2.45, 2.75) is 18.9 Å². The molecule has 0 spiro atoms. The molecule has 0 radical (unpaired) electrons. The molecule has 2 amide bonds. The number of nitrogens with zero attached hydrogens (tertiary/aromatic N) is 2. The van der Waals surface area contributed by atoms with Crippen LogP contribution >= 0.6 is 0 Å². The van der Waals surface area contributed by atoms with Crippen LogP contribution in [-0.2, 0) is 14.4 Å². The highest BCUT2D eigenvalue weighted by atomic mass is 16.2. The summed E-state index contributed by atoms with van der Waals surface area (Å²) >= 11 is 0. The molecule has 1 heterocycles. The quantitative estimate of drug-likeness (QED) is 0.764. The Hall–Kier alpha value is -2.76. The first-order valence-corrected chi connectivity index (χ1v) is 7.83. The second-order valence-corrected chi connectivity index (χ2v) is 5.52. The van der Waals surface area contributed by atoms with Crippen molar-refractivity contribution in [1.82, 2.24) is 10.2 Å². The van der Waals surface area contributed by atoms with E-state index in [0.29, 0.717) is 18.5 Å². The summed E-state index contributed by atoms with van der Waals surface area (Å²) in [6.45, 7) is 4.09. The largest absolute Gasteiger partial charge is 0.343 e. The zero-order valence-electron chi connectivity index (χ0n) is 13.7. The molecular weight excluding hydrogens is 306 g/mol. The zero-order chi connectivity index (χ0) is 17.5. The van der Waals surface area contributed by atoms with Crippen molar-refractivity contribution in [2.24, 2.45) is 4.99 Å². The Bertz CT molecular complexity index is 671. The Labute approximate surface area is 141 Å². The van der Waals surface area contributed by atoms with E-state index in [1.54, 1.807) is 37.4 Å². The smallest absolute Gasteiger partial charge is 0.251 e. The summed E-state index contributed by atoms with van der Waals surface area (Å²) in [7, 11) is 1.67. The summed E-state index contributed by atoms with van der Waals surface area (Å²) in [5.41, 5.74) is 1.98. The molecule has 1 atom stereocenters. The maximum atomic E-state index is 12.2. The third kappa shape index (κ3) is 3.95. The summed E-state index contributed by atoms with van der Waals surface area (Å²) in [5, 5.41) is 2.61. The molecule has 1 N–H and O–H groups in total. The highest BCUT2D eigenvalue weighted by Crippen LogP contribution is 2.16. The predicted octanol–water partition coefficient (Wildman–Crippen LogP) is 0.972. The minimum atomic E-state index is -0.367. The number of amides is 2. The van der Waals surface area contributed by atoms with E-state index < -0.39 is 0 Å². The van der Waals surface area contributed by atoms with Crippen LogP contribution < -0.4 is 5.32 Å². The lowest BCUT2D eigenvalue weighted by Crippen LogP contribution is -2.43. The van der Waals surface area contributed by atoms with Crippen molar-refractivity contribution in [1.29, 1.82) is 0 Å². The molecule has 0 aromatic carbocycles. The molecule has 0 aromatic heterocycles. The van der Waals surface area contributed by atoms with E-state index in [9.17, 15) is 14.4 Å². The zero-order valence-corrected chi connectivity index (χ0v) is 13.7. The third-order valence-corrected chi connectivity index (χ3v) is 4.00. The van der Waals surface area contributed by atoms with Gasteiger partial charge in [0.2, 0.25) is 5.91 Å². The fourth-order valence-corrected chi connectivity index (χ4v) is 2.76. The number of aldehydes is 1. The molecule has 1 fully saturated rings. The van der Waals surface area contributed by atoms with Gasteiger partial charge in [-0.25, -0.2) is 0 Å². The Balaban J connectivity index is 1.99. The first-order valence-electron chi connectivity index (χ1n) is 7.83. The molecule has 0 aromatic rings. The van der Waals surface area contributed by atoms with E-state index >= 15 is 0 Å². The molecule has 6 nitrogen and oxygen atoms in total. The summed E-state index contributed by atoms with van der Waals surface area (Å²) in [6, 6.07) is -0.367. The average molecular weight is 327 g/mol. The van der Waals surface area contributed by atoms with Crippen LogP contribution in [0, 0.1) is 0 Å². The minimum absolute atomic E-state index is 0.121. The summed E-state index contributed by atoms with van der Waals surface area (Å²) < 4.78 is 0. The van der Waals surface area contributed by atoms with Crippen molar-refractivity contribution in [3.63, 3.8) is 0 Å². The van der Waals surface area contributed by atoms with Crippen LogP contribution in [0.15, 0.2) is 53.1 Å². The van der Waals surface area contributed by atoms with Gasteiger partial charge in [0.25, 0.3) is 5.91 Å². The summed E-state index contributed by atoms with van der Waals surface area (Å²) in [6.07, 6.45) is 10.8. The fourth-order valence-electron chi connectivity index (χ4n) is 2.76. The topological polar surface area (TPSA) is 78.8 Å². The fraction of sp³-hybridized carbons (Fsp3) is 0.333. The maximum Gasteiger partial charge on any atom is 0.251 e. The highest BCUT2D eigenvalue weighted by molar-refractivity contribution is 6.15. The van der Waals surface area contributed by atoms with Gasteiger partial charge in [0.1, 0.15) is 6.29 Å². The molecule has 2 rings (SSSR count). The first kappa shape index (κ1) is 17.6. The molecule has 126 valence electrons. The number of hydrogen-bond acceptors (Lipinski definition) is 4. The van der Waals surface area contributed by atoms with Crippen LogP contribution in [0.4, 0.5) is 0 Å². The Morgan fingerprint density at radius 2 is 2.25 bits per heavy atom. The Morgan fingerprint density at radius 1 is 1.46 bits per heavy atom. The van der Waals surface area contributed by atoms with Gasteiger partial charge in [-0.3, -0.25) is 14.6 Å². The molecule has 0 unspecified atom stereocenters. The molecule has 24 heavy (non-hydrogen) atoms. The van der Waals surface area contributed by atoms with Crippen LogP contribution in [0.1, 0.15) is 12.8 Å². The van der Waals surface area contributed by atoms with Gasteiger partial charge < -0.3 is 15.0 Å². The highest BCUT2D eigenvalue weighted by Gasteiger charge is 2.28. The van der Waals surface area contributed by atoms with Gasteiger partial charge in [0, 0.05) is 24.7 Å². The number of hydrogen-bond donors (Lipinski definition) is 1. The lowest BCUT2D eigenvalue weighted by Gasteiger charge is -2.20. The van der Waals surface area contributed by atoms with Crippen LogP contribution in [0.5, 0.6) is 0 Å². The van der Waals surface area contributed by atoms with Crippen molar-refractivity contribution >= 4 is 23.8 Å². The van der Waals surface area contributed by atoms with Gasteiger partial charge in [0.15, 0.2) is 0 Å². The van der Waals surface area contributed by atoms with Gasteiger partial charge >= 0.3 is 0 Å². The molecule has 2 aliphatic rings. The van der Waals surface area contributed by atoms with E-state index in [1.165, 1.54) is 4.90 Å². The third-order valence-electron chi connectivity index (χ3n) is 4.00. The predicted molar refractivity (Wildman–Crippen MR) is 92.7 cm³/mol. The van der Waals surface area contributed by atoms with Crippen LogP contribution in [0.3, 0.4) is 0 Å². The molecule has 1 saturated heterocycles. The van der Waals surface area contributed by atoms with Crippen LogP contribution in [0.25, 0.3) is 0 Å². The van der Waals surface area contributed by atoms with Crippen LogP contribution in [0.2, 0.25) is 0 Å². The molecule has 6 heteroatoms. The van der Waals surface area contributed by atoms with E-state index in [-0.39, 0.29) is 24.4 Å². The van der Waals surface area contributed by atoms with Crippen molar-refractivity contribution in [3.05, 3.63) is 48.1 Å². The van der Waals surface area contributed by atoms with E-state index in [0.717, 1.165) is 24.0 Å². The summed E-state index contributed by atoms with van der Waals surface area (Å²) in [5.74, 6) is -0.581. The average Bonchev–Trinajstić information content (AvgIpc) is 3.08. The second kappa shape index (κ2) is 8.19. The number of rotatable bonds is 5. The first-order chi connectivity index (χ1) is 11.6. The van der Waals surface area contributed by atoms with E-state index in [2.05, 4.69) is 16.9 Å². The monoisotopic (exact) mass is 327 g/mol. The number of likely N-dealkylation sites (tertiary alicyclic amines) is 1. The standard InChI is InChI=1S/C18H21N3O3/c1-3-5-13-10-14(7-8-16(13)19-2)18(24)20-11-17(23)21-9-4-6-15(21)12-22/h3,5,7-8,10,12,15H,1,4,6,9,11H2,2H3,(H,20,24)/b13-5-,19-16?/t15-/m1/s1. The van der Waals surface area contributed by atoms with Gasteiger partial charge in [-0.15, -0.1) is 0 Å². The lowest BCUT2D eigenvalue weighted by molar-refractivity contribution is -0.134. The van der Waals surface area contributed by atoms with Crippen molar-refractivity contribution in [3.8, 4) is 0 Å². The second-order valence-electron chi connectivity index (χ2n) is 5.52. The molecule has 0 saturated carbocycles. The molecule has 1 aliphatic heterocycles. The number of carbonyl (C=O) groups excluding carboxylic acids is 3. The molecule has 0 bridgehead atoms. The van der Waals surface area contributed by atoms with Crippen LogP contribution in [-0.4, -0.2) is 54.9 Å². The van der Waals surface area contributed by atoms with Crippen molar-refractivity contribution < 1.29 is 14.4 Å². The van der Waals surface area contributed by atoms with Gasteiger partial charge in [-0.05, 0) is 31.1 Å². The normalized spacial score (nSPS) is 23.3. The number of carbonyl (C=O) groups is 3. The minimum Gasteiger partial charge on any atom is -0.343 e. The number of nitrogens with one attached hydrogen (secondary N) is 1. The van der Waals surface area contributed by atoms with Crippen molar-refractivity contribution in [2.75, 3.05) is 20.1 Å². The number of aliphatic imine (C=N–C) groups is 1. The van der Waals surface area contributed by atoms with Gasteiger partial charge in [-0.2, -0.15) is 0 Å². The maximum absolute atomic E-state index is 12.2.